The molecule has 1 aromatic rings. The summed E-state index contributed by atoms with van der Waals surface area (Å²) in [5.74, 6) is 0.631. The van der Waals surface area contributed by atoms with Crippen LogP contribution in [0.25, 0.3) is 0 Å². The molecular formula is C15H24N2. The van der Waals surface area contributed by atoms with Gasteiger partial charge in [0.1, 0.15) is 0 Å². The molecule has 0 saturated heterocycles. The molecule has 2 nitrogen and oxygen atoms in total. The fourth-order valence-corrected chi connectivity index (χ4v) is 2.81. The third kappa shape index (κ3) is 3.06. The molecule has 1 unspecified atom stereocenters. The molecule has 1 aromatic heterocycles. The first-order valence-corrected chi connectivity index (χ1v) is 6.65. The maximum absolute atomic E-state index is 6.39. The second-order valence-corrected chi connectivity index (χ2v) is 6.32. The zero-order valence-corrected chi connectivity index (χ0v) is 11.2. The number of nitrogens with zero attached hydrogens (tertiary/aromatic N) is 1. The van der Waals surface area contributed by atoms with Crippen molar-refractivity contribution in [3.63, 3.8) is 0 Å². The maximum Gasteiger partial charge on any atom is 0.0338 e. The lowest BCUT2D eigenvalue weighted by molar-refractivity contribution is 0.173. The highest BCUT2D eigenvalue weighted by Gasteiger charge is 2.30. The smallest absolute Gasteiger partial charge is 0.0338 e. The molecule has 1 heterocycles. The van der Waals surface area contributed by atoms with Gasteiger partial charge in [0, 0.05) is 18.4 Å². The van der Waals surface area contributed by atoms with Gasteiger partial charge < -0.3 is 5.73 Å². The van der Waals surface area contributed by atoms with Crippen LogP contribution in [0.4, 0.5) is 0 Å². The number of hydrogen-bond acceptors (Lipinski definition) is 2. The molecule has 1 saturated carbocycles. The molecule has 1 aliphatic rings. The predicted molar refractivity (Wildman–Crippen MR) is 71.6 cm³/mol. The Kier molecular flexibility index (Phi) is 3.53. The van der Waals surface area contributed by atoms with Gasteiger partial charge in [-0.25, -0.2) is 0 Å². The maximum atomic E-state index is 6.39. The van der Waals surface area contributed by atoms with Crippen LogP contribution in [0.1, 0.15) is 56.7 Å². The van der Waals surface area contributed by atoms with E-state index in [4.69, 9.17) is 5.73 Å². The first kappa shape index (κ1) is 12.6. The molecule has 17 heavy (non-hydrogen) atoms. The van der Waals surface area contributed by atoms with E-state index in [9.17, 15) is 0 Å². The standard InChI is InChI=1S/C15H24N2/c1-11-8-13(10-17-9-11)14(16)12-4-6-15(2,3)7-5-12/h8-10,12,14H,4-7,16H2,1-3H3. The van der Waals surface area contributed by atoms with Gasteiger partial charge in [-0.3, -0.25) is 4.98 Å². The van der Waals surface area contributed by atoms with Crippen molar-refractivity contribution in [2.24, 2.45) is 17.1 Å². The van der Waals surface area contributed by atoms with Crippen molar-refractivity contribution in [2.45, 2.75) is 52.5 Å². The van der Waals surface area contributed by atoms with Crippen LogP contribution in [0.15, 0.2) is 18.5 Å². The van der Waals surface area contributed by atoms with Crippen LogP contribution in [-0.2, 0) is 0 Å². The number of aromatic nitrogens is 1. The van der Waals surface area contributed by atoms with E-state index in [0.717, 1.165) is 0 Å². The fourth-order valence-electron chi connectivity index (χ4n) is 2.81. The van der Waals surface area contributed by atoms with E-state index >= 15 is 0 Å². The molecule has 2 heteroatoms. The van der Waals surface area contributed by atoms with Crippen LogP contribution in [0.5, 0.6) is 0 Å². The summed E-state index contributed by atoms with van der Waals surface area (Å²) in [4.78, 5) is 4.25. The van der Waals surface area contributed by atoms with E-state index in [1.165, 1.54) is 36.8 Å². The van der Waals surface area contributed by atoms with Crippen LogP contribution in [0.2, 0.25) is 0 Å². The van der Waals surface area contributed by atoms with Gasteiger partial charge in [0.2, 0.25) is 0 Å². The molecule has 1 aliphatic carbocycles. The van der Waals surface area contributed by atoms with Crippen molar-refractivity contribution < 1.29 is 0 Å². The quantitative estimate of drug-likeness (QED) is 0.846. The van der Waals surface area contributed by atoms with E-state index in [1.807, 2.05) is 12.4 Å². The molecule has 94 valence electrons. The Balaban J connectivity index is 2.04. The first-order chi connectivity index (χ1) is 7.98. The zero-order valence-electron chi connectivity index (χ0n) is 11.2. The van der Waals surface area contributed by atoms with E-state index < -0.39 is 0 Å². The highest BCUT2D eigenvalue weighted by molar-refractivity contribution is 5.20. The van der Waals surface area contributed by atoms with Crippen LogP contribution >= 0.6 is 0 Å². The third-order valence-corrected chi connectivity index (χ3v) is 4.17. The highest BCUT2D eigenvalue weighted by atomic mass is 14.7. The second kappa shape index (κ2) is 4.77. The summed E-state index contributed by atoms with van der Waals surface area (Å²) in [6.07, 6.45) is 8.91. The molecule has 1 atom stereocenters. The Labute approximate surface area is 105 Å². The molecule has 0 spiro atoms. The van der Waals surface area contributed by atoms with Crippen molar-refractivity contribution in [3.8, 4) is 0 Å². The van der Waals surface area contributed by atoms with Gasteiger partial charge in [0.15, 0.2) is 0 Å². The van der Waals surface area contributed by atoms with Crippen LogP contribution < -0.4 is 5.73 Å². The summed E-state index contributed by atoms with van der Waals surface area (Å²) in [6.45, 7) is 6.80. The normalized spacial score (nSPS) is 22.4. The Hall–Kier alpha value is -0.890. The monoisotopic (exact) mass is 232 g/mol. The van der Waals surface area contributed by atoms with E-state index in [2.05, 4.69) is 31.8 Å². The third-order valence-electron chi connectivity index (χ3n) is 4.17. The number of aryl methyl sites for hydroxylation is 1. The summed E-state index contributed by atoms with van der Waals surface area (Å²) < 4.78 is 0. The van der Waals surface area contributed by atoms with Crippen LogP contribution in [-0.4, -0.2) is 4.98 Å². The topological polar surface area (TPSA) is 38.9 Å². The summed E-state index contributed by atoms with van der Waals surface area (Å²) in [5.41, 5.74) is 9.31. The van der Waals surface area contributed by atoms with E-state index in [-0.39, 0.29) is 6.04 Å². The molecule has 0 bridgehead atoms. The van der Waals surface area contributed by atoms with Gasteiger partial charge in [-0.2, -0.15) is 0 Å². The molecular weight excluding hydrogens is 208 g/mol. The molecule has 0 radical (unpaired) electrons. The van der Waals surface area contributed by atoms with Crippen LogP contribution in [0.3, 0.4) is 0 Å². The minimum atomic E-state index is 0.165. The van der Waals surface area contributed by atoms with E-state index in [1.54, 1.807) is 0 Å². The Morgan fingerprint density at radius 3 is 2.53 bits per heavy atom. The number of rotatable bonds is 2. The lowest BCUT2D eigenvalue weighted by Gasteiger charge is -2.36. The lowest BCUT2D eigenvalue weighted by Crippen LogP contribution is -2.29. The van der Waals surface area contributed by atoms with Gasteiger partial charge in [0.05, 0.1) is 0 Å². The van der Waals surface area contributed by atoms with Crippen molar-refractivity contribution in [1.82, 2.24) is 4.98 Å². The second-order valence-electron chi connectivity index (χ2n) is 6.32. The molecule has 0 aliphatic heterocycles. The number of hydrogen-bond donors (Lipinski definition) is 1. The minimum Gasteiger partial charge on any atom is -0.324 e. The zero-order chi connectivity index (χ0) is 12.5. The van der Waals surface area contributed by atoms with Crippen molar-refractivity contribution >= 4 is 0 Å². The Morgan fingerprint density at radius 2 is 1.94 bits per heavy atom. The minimum absolute atomic E-state index is 0.165. The summed E-state index contributed by atoms with van der Waals surface area (Å²) in [7, 11) is 0. The van der Waals surface area contributed by atoms with Gasteiger partial charge in [-0.15, -0.1) is 0 Å². The summed E-state index contributed by atoms with van der Waals surface area (Å²) >= 11 is 0. The fraction of sp³-hybridized carbons (Fsp3) is 0.667. The van der Waals surface area contributed by atoms with Crippen molar-refractivity contribution in [1.29, 1.82) is 0 Å². The van der Waals surface area contributed by atoms with Gasteiger partial charge in [-0.05, 0) is 55.1 Å². The van der Waals surface area contributed by atoms with Crippen molar-refractivity contribution in [3.05, 3.63) is 29.6 Å². The van der Waals surface area contributed by atoms with Gasteiger partial charge in [-0.1, -0.05) is 19.9 Å². The average Bonchev–Trinajstić information content (AvgIpc) is 2.28. The highest BCUT2D eigenvalue weighted by Crippen LogP contribution is 2.41. The summed E-state index contributed by atoms with van der Waals surface area (Å²) in [5, 5.41) is 0. The molecule has 0 amide bonds. The first-order valence-electron chi connectivity index (χ1n) is 6.65. The van der Waals surface area contributed by atoms with Gasteiger partial charge in [0.25, 0.3) is 0 Å². The predicted octanol–water partition coefficient (Wildman–Crippen LogP) is 3.61. The Morgan fingerprint density at radius 1 is 1.29 bits per heavy atom. The summed E-state index contributed by atoms with van der Waals surface area (Å²) in [6, 6.07) is 2.34. The molecule has 0 aromatic carbocycles. The van der Waals surface area contributed by atoms with E-state index in [0.29, 0.717) is 11.3 Å². The lowest BCUT2D eigenvalue weighted by atomic mass is 9.70. The number of pyridine rings is 1. The van der Waals surface area contributed by atoms with Crippen LogP contribution in [0, 0.1) is 18.3 Å². The van der Waals surface area contributed by atoms with Crippen molar-refractivity contribution in [2.75, 3.05) is 0 Å². The molecule has 1 fully saturated rings. The number of nitrogens with two attached hydrogens (primary N) is 1. The largest absolute Gasteiger partial charge is 0.324 e. The average molecular weight is 232 g/mol. The molecule has 2 N–H and O–H groups in total. The Bertz CT molecular complexity index is 374. The molecule has 2 rings (SSSR count). The SMILES string of the molecule is Cc1cncc(C(N)C2CCC(C)(C)CC2)c1. The van der Waals surface area contributed by atoms with Gasteiger partial charge >= 0.3 is 0 Å².